The van der Waals surface area contributed by atoms with Crippen molar-refractivity contribution in [3.05, 3.63) is 42.0 Å². The maximum atomic E-state index is 13.5. The van der Waals surface area contributed by atoms with Crippen molar-refractivity contribution in [1.29, 1.82) is 0 Å². The molecule has 2 unspecified atom stereocenters. The summed E-state index contributed by atoms with van der Waals surface area (Å²) < 4.78 is 0.258. The third kappa shape index (κ3) is 2.70. The highest BCUT2D eigenvalue weighted by Gasteiger charge is 2.60. The van der Waals surface area contributed by atoms with Gasteiger partial charge in [-0.15, -0.1) is 0 Å². The van der Waals surface area contributed by atoms with E-state index in [1.54, 1.807) is 0 Å². The molecule has 2 nitrogen and oxygen atoms in total. The van der Waals surface area contributed by atoms with E-state index < -0.39 is 0 Å². The molecule has 1 aromatic carbocycles. The Bertz CT molecular complexity index is 711. The zero-order chi connectivity index (χ0) is 17.1. The lowest BCUT2D eigenvalue weighted by Crippen LogP contribution is -2.59. The van der Waals surface area contributed by atoms with Crippen LogP contribution in [0.3, 0.4) is 0 Å². The summed E-state index contributed by atoms with van der Waals surface area (Å²) in [5, 5.41) is 0. The Morgan fingerprint density at radius 1 is 1.08 bits per heavy atom. The van der Waals surface area contributed by atoms with Gasteiger partial charge < -0.3 is 4.90 Å². The Balaban J connectivity index is 1.35. The average molecular weight is 400 g/mol. The summed E-state index contributed by atoms with van der Waals surface area (Å²) in [6.07, 6.45) is 10.5. The minimum atomic E-state index is -0.0638. The molecule has 6 rings (SSSR count). The maximum Gasteiger partial charge on any atom is 0.229 e. The fourth-order valence-corrected chi connectivity index (χ4v) is 7.96. The molecule has 1 heterocycles. The van der Waals surface area contributed by atoms with Crippen LogP contribution in [-0.4, -0.2) is 28.2 Å². The summed E-state index contributed by atoms with van der Waals surface area (Å²) in [4.78, 5) is 15.7. The van der Waals surface area contributed by atoms with Gasteiger partial charge >= 0.3 is 0 Å². The molecular formula is C22H26BrNO. The summed E-state index contributed by atoms with van der Waals surface area (Å²) in [5.74, 6) is 1.99. The minimum Gasteiger partial charge on any atom is -0.338 e. The van der Waals surface area contributed by atoms with Gasteiger partial charge in [0.15, 0.2) is 0 Å². The molecule has 0 aromatic heterocycles. The number of carbonyl (C=O) groups is 1. The first kappa shape index (κ1) is 16.1. The highest BCUT2D eigenvalue weighted by Crippen LogP contribution is 2.64. The molecular weight excluding hydrogens is 374 g/mol. The number of benzene rings is 1. The fraction of sp³-hybridized carbons (Fsp3) is 0.591. The van der Waals surface area contributed by atoms with Crippen molar-refractivity contribution in [1.82, 2.24) is 4.90 Å². The largest absolute Gasteiger partial charge is 0.338 e. The molecule has 4 fully saturated rings. The van der Waals surface area contributed by atoms with Gasteiger partial charge in [-0.05, 0) is 67.9 Å². The Labute approximate surface area is 158 Å². The van der Waals surface area contributed by atoms with Crippen LogP contribution >= 0.6 is 15.9 Å². The van der Waals surface area contributed by atoms with Crippen LogP contribution in [0.1, 0.15) is 50.5 Å². The molecule has 4 bridgehead atoms. The van der Waals surface area contributed by atoms with Crippen molar-refractivity contribution in [3.63, 3.8) is 0 Å². The minimum absolute atomic E-state index is 0.0638. The first-order valence-electron chi connectivity index (χ1n) is 9.78. The molecule has 4 saturated carbocycles. The highest BCUT2D eigenvalue weighted by atomic mass is 79.9. The van der Waals surface area contributed by atoms with Crippen molar-refractivity contribution >= 4 is 27.4 Å². The molecule has 25 heavy (non-hydrogen) atoms. The van der Waals surface area contributed by atoms with Crippen molar-refractivity contribution in [2.24, 2.45) is 17.3 Å². The Morgan fingerprint density at radius 2 is 1.80 bits per heavy atom. The molecule has 1 aliphatic heterocycles. The highest BCUT2D eigenvalue weighted by molar-refractivity contribution is 9.10. The van der Waals surface area contributed by atoms with E-state index in [0.29, 0.717) is 5.91 Å². The number of nitrogens with zero attached hydrogens (tertiary/aromatic N) is 1. The van der Waals surface area contributed by atoms with Crippen LogP contribution in [0.25, 0.3) is 5.57 Å². The van der Waals surface area contributed by atoms with Crippen LogP contribution in [0.2, 0.25) is 0 Å². The number of hydrogen-bond donors (Lipinski definition) is 0. The quantitative estimate of drug-likeness (QED) is 0.638. The van der Waals surface area contributed by atoms with E-state index in [9.17, 15) is 4.79 Å². The molecule has 0 spiro atoms. The van der Waals surface area contributed by atoms with E-state index in [0.717, 1.165) is 50.6 Å². The third-order valence-corrected chi connectivity index (χ3v) is 8.01. The average Bonchev–Trinajstić information content (AvgIpc) is 2.60. The lowest BCUT2D eigenvalue weighted by Gasteiger charge is -2.60. The fourth-order valence-electron chi connectivity index (χ4n) is 6.50. The lowest BCUT2D eigenvalue weighted by molar-refractivity contribution is -0.155. The molecule has 1 aromatic rings. The van der Waals surface area contributed by atoms with Gasteiger partial charge in [0.25, 0.3) is 0 Å². The second kappa shape index (κ2) is 5.70. The first-order chi connectivity index (χ1) is 12.1. The number of hydrogen-bond acceptors (Lipinski definition) is 1. The third-order valence-electron chi connectivity index (χ3n) is 7.08. The summed E-state index contributed by atoms with van der Waals surface area (Å²) in [7, 11) is 0. The maximum absolute atomic E-state index is 13.5. The smallest absolute Gasteiger partial charge is 0.229 e. The topological polar surface area (TPSA) is 20.3 Å². The first-order valence-corrected chi connectivity index (χ1v) is 10.6. The van der Waals surface area contributed by atoms with E-state index in [1.165, 1.54) is 30.4 Å². The summed E-state index contributed by atoms with van der Waals surface area (Å²) in [6.45, 7) is 1.67. The predicted octanol–water partition coefficient (Wildman–Crippen LogP) is 5.04. The number of rotatable bonds is 2. The standard InChI is InChI=1S/C22H26BrNO/c23-22-13-16-10-17(14-22)12-21(11-16,15-22)20(25)24-8-6-19(7-9-24)18-4-2-1-3-5-18/h1-6,16-17H,7-15H2. The normalized spacial score (nSPS) is 39.4. The lowest BCUT2D eigenvalue weighted by atomic mass is 9.49. The number of halogens is 1. The zero-order valence-electron chi connectivity index (χ0n) is 14.7. The second-order valence-electron chi connectivity index (χ2n) is 8.99. The van der Waals surface area contributed by atoms with Crippen LogP contribution in [0.5, 0.6) is 0 Å². The molecule has 2 atom stereocenters. The van der Waals surface area contributed by atoms with Crippen LogP contribution in [-0.2, 0) is 4.79 Å². The van der Waals surface area contributed by atoms with E-state index in [1.807, 2.05) is 0 Å². The van der Waals surface area contributed by atoms with E-state index in [4.69, 9.17) is 0 Å². The predicted molar refractivity (Wildman–Crippen MR) is 104 cm³/mol. The Hall–Kier alpha value is -1.09. The molecule has 0 radical (unpaired) electrons. The molecule has 132 valence electrons. The number of alkyl halides is 1. The summed E-state index contributed by atoms with van der Waals surface area (Å²) in [5.41, 5.74) is 2.64. The van der Waals surface area contributed by atoms with Gasteiger partial charge in [0, 0.05) is 17.4 Å². The van der Waals surface area contributed by atoms with Crippen LogP contribution in [0.15, 0.2) is 36.4 Å². The van der Waals surface area contributed by atoms with Crippen LogP contribution in [0, 0.1) is 17.3 Å². The Morgan fingerprint density at radius 3 is 2.40 bits per heavy atom. The van der Waals surface area contributed by atoms with Crippen molar-refractivity contribution in [3.8, 4) is 0 Å². The molecule has 3 heteroatoms. The van der Waals surface area contributed by atoms with E-state index in [-0.39, 0.29) is 9.74 Å². The molecule has 4 aliphatic carbocycles. The molecule has 1 amide bonds. The number of amides is 1. The summed E-state index contributed by atoms with van der Waals surface area (Å²) >= 11 is 4.04. The summed E-state index contributed by atoms with van der Waals surface area (Å²) in [6, 6.07) is 10.6. The van der Waals surface area contributed by atoms with Gasteiger partial charge in [-0.3, -0.25) is 4.79 Å². The van der Waals surface area contributed by atoms with Gasteiger partial charge in [0.1, 0.15) is 0 Å². The van der Waals surface area contributed by atoms with Gasteiger partial charge in [0.05, 0.1) is 5.41 Å². The van der Waals surface area contributed by atoms with Gasteiger partial charge in [-0.2, -0.15) is 0 Å². The van der Waals surface area contributed by atoms with Gasteiger partial charge in [0.2, 0.25) is 5.91 Å². The van der Waals surface area contributed by atoms with Crippen LogP contribution in [0.4, 0.5) is 0 Å². The molecule has 5 aliphatic rings. The second-order valence-corrected chi connectivity index (χ2v) is 10.7. The Kier molecular flexibility index (Phi) is 3.68. The van der Waals surface area contributed by atoms with Gasteiger partial charge in [-0.25, -0.2) is 0 Å². The van der Waals surface area contributed by atoms with Crippen molar-refractivity contribution in [2.45, 2.75) is 49.3 Å². The van der Waals surface area contributed by atoms with Crippen LogP contribution < -0.4 is 0 Å². The van der Waals surface area contributed by atoms with E-state index >= 15 is 0 Å². The van der Waals surface area contributed by atoms with Crippen molar-refractivity contribution < 1.29 is 4.79 Å². The van der Waals surface area contributed by atoms with Crippen molar-refractivity contribution in [2.75, 3.05) is 13.1 Å². The zero-order valence-corrected chi connectivity index (χ0v) is 16.3. The monoisotopic (exact) mass is 399 g/mol. The SMILES string of the molecule is O=C(N1CC=C(c2ccccc2)CC1)C12CC3CC(CC(Br)(C3)C1)C2. The molecule has 0 saturated heterocycles. The number of carbonyl (C=O) groups excluding carboxylic acids is 1. The van der Waals surface area contributed by atoms with Gasteiger partial charge in [-0.1, -0.05) is 52.3 Å². The molecule has 0 N–H and O–H groups in total. The van der Waals surface area contributed by atoms with E-state index in [2.05, 4.69) is 57.2 Å².